The second-order valence-electron chi connectivity index (χ2n) is 7.63. The van der Waals surface area contributed by atoms with Gasteiger partial charge in [-0.3, -0.25) is 9.98 Å². The molecule has 4 heterocycles. The molecule has 26 heavy (non-hydrogen) atoms. The van der Waals surface area contributed by atoms with Crippen molar-refractivity contribution in [2.45, 2.75) is 65.2 Å². The van der Waals surface area contributed by atoms with Gasteiger partial charge in [-0.1, -0.05) is 24.8 Å². The summed E-state index contributed by atoms with van der Waals surface area (Å²) in [6.45, 7) is 11.3. The molecule has 2 aliphatic rings. The van der Waals surface area contributed by atoms with Crippen LogP contribution in [0, 0.1) is 13.8 Å². The fourth-order valence-corrected chi connectivity index (χ4v) is 5.92. The van der Waals surface area contributed by atoms with Crippen LogP contribution < -0.4 is 0 Å². The molecular formula is C21H28N4S. The van der Waals surface area contributed by atoms with Gasteiger partial charge in [0.2, 0.25) is 0 Å². The zero-order valence-electron chi connectivity index (χ0n) is 16.3. The van der Waals surface area contributed by atoms with Crippen LogP contribution in [0.4, 0.5) is 0 Å². The van der Waals surface area contributed by atoms with E-state index in [2.05, 4.69) is 67.3 Å². The first kappa shape index (κ1) is 17.7. The molecule has 0 saturated carbocycles. The molecule has 0 radical (unpaired) electrons. The minimum Gasteiger partial charge on any atom is -0.346 e. The number of rotatable bonds is 4. The van der Waals surface area contributed by atoms with Gasteiger partial charge in [0.25, 0.3) is 0 Å². The summed E-state index contributed by atoms with van der Waals surface area (Å²) in [5.74, 6) is 1.14. The molecule has 5 heteroatoms. The Bertz CT molecular complexity index is 824. The van der Waals surface area contributed by atoms with Crippen LogP contribution in [0.15, 0.2) is 35.5 Å². The number of thioether (sulfide) groups is 1. The Morgan fingerprint density at radius 2 is 2.08 bits per heavy atom. The van der Waals surface area contributed by atoms with Gasteiger partial charge in [0.15, 0.2) is 5.17 Å². The Morgan fingerprint density at radius 3 is 2.69 bits per heavy atom. The maximum Gasteiger partial charge on any atom is 0.160 e. The summed E-state index contributed by atoms with van der Waals surface area (Å²) in [4.78, 5) is 12.4. The lowest BCUT2D eigenvalue weighted by atomic mass is 9.95. The zero-order valence-corrected chi connectivity index (χ0v) is 17.1. The normalized spacial score (nSPS) is 25.1. The quantitative estimate of drug-likeness (QED) is 0.756. The first-order chi connectivity index (χ1) is 12.5. The van der Waals surface area contributed by atoms with Gasteiger partial charge < -0.3 is 9.47 Å². The molecule has 4 nitrogen and oxygen atoms in total. The molecule has 0 amide bonds. The maximum atomic E-state index is 5.13. The van der Waals surface area contributed by atoms with Crippen LogP contribution in [0.1, 0.15) is 68.0 Å². The SMILES string of the molecule is CC[C@H]1CSC2=N[C@H](c3ccccn3)[C@@H](c3cc(C)n(C(C)C)c3C)N21. The van der Waals surface area contributed by atoms with Gasteiger partial charge in [-0.15, -0.1) is 0 Å². The predicted molar refractivity (Wildman–Crippen MR) is 110 cm³/mol. The largest absolute Gasteiger partial charge is 0.346 e. The Morgan fingerprint density at radius 1 is 1.27 bits per heavy atom. The van der Waals surface area contributed by atoms with E-state index in [4.69, 9.17) is 4.99 Å². The van der Waals surface area contributed by atoms with Crippen molar-refractivity contribution < 1.29 is 0 Å². The number of nitrogens with zero attached hydrogens (tertiary/aromatic N) is 4. The van der Waals surface area contributed by atoms with Gasteiger partial charge in [-0.05, 0) is 57.9 Å². The van der Waals surface area contributed by atoms with Crippen LogP contribution >= 0.6 is 11.8 Å². The van der Waals surface area contributed by atoms with Crippen LogP contribution in [0.2, 0.25) is 0 Å². The number of hydrogen-bond acceptors (Lipinski definition) is 4. The predicted octanol–water partition coefficient (Wildman–Crippen LogP) is 5.06. The number of aryl methyl sites for hydroxylation is 1. The Balaban J connectivity index is 1.84. The molecule has 0 bridgehead atoms. The molecular weight excluding hydrogens is 340 g/mol. The number of amidine groups is 1. The van der Waals surface area contributed by atoms with E-state index < -0.39 is 0 Å². The third-order valence-corrected chi connectivity index (χ3v) is 6.81. The fraction of sp³-hybridized carbons (Fsp3) is 0.524. The Labute approximate surface area is 160 Å². The number of fused-ring (bicyclic) bond motifs is 1. The molecule has 2 aromatic heterocycles. The highest BCUT2D eigenvalue weighted by Crippen LogP contribution is 2.49. The van der Waals surface area contributed by atoms with E-state index in [0.29, 0.717) is 12.1 Å². The fourth-order valence-electron chi connectivity index (χ4n) is 4.58. The van der Waals surface area contributed by atoms with Crippen molar-refractivity contribution in [2.24, 2.45) is 4.99 Å². The van der Waals surface area contributed by atoms with E-state index in [1.807, 2.05) is 24.0 Å². The van der Waals surface area contributed by atoms with E-state index in [1.54, 1.807) is 0 Å². The van der Waals surface area contributed by atoms with E-state index in [1.165, 1.54) is 22.1 Å². The van der Waals surface area contributed by atoms with Gasteiger partial charge >= 0.3 is 0 Å². The van der Waals surface area contributed by atoms with Crippen LogP contribution in [0.25, 0.3) is 0 Å². The molecule has 1 saturated heterocycles. The lowest BCUT2D eigenvalue weighted by Gasteiger charge is -2.32. The molecule has 138 valence electrons. The summed E-state index contributed by atoms with van der Waals surface area (Å²) in [6.07, 6.45) is 3.04. The van der Waals surface area contributed by atoms with Gasteiger partial charge in [0.1, 0.15) is 6.04 Å². The van der Waals surface area contributed by atoms with Crippen molar-refractivity contribution in [1.29, 1.82) is 0 Å². The van der Waals surface area contributed by atoms with Gasteiger partial charge in [-0.25, -0.2) is 0 Å². The molecule has 3 atom stereocenters. The van der Waals surface area contributed by atoms with Gasteiger partial charge in [0.05, 0.1) is 11.7 Å². The lowest BCUT2D eigenvalue weighted by molar-refractivity contribution is 0.254. The van der Waals surface area contributed by atoms with Crippen molar-refractivity contribution >= 4 is 16.9 Å². The highest BCUT2D eigenvalue weighted by atomic mass is 32.2. The third kappa shape index (κ3) is 2.68. The van der Waals surface area contributed by atoms with Crippen molar-refractivity contribution in [3.8, 4) is 0 Å². The number of hydrogen-bond donors (Lipinski definition) is 0. The maximum absolute atomic E-state index is 5.13. The summed E-state index contributed by atoms with van der Waals surface area (Å²) in [6, 6.07) is 9.91. The van der Waals surface area contributed by atoms with E-state index in [0.717, 1.165) is 17.9 Å². The van der Waals surface area contributed by atoms with E-state index in [9.17, 15) is 0 Å². The van der Waals surface area contributed by atoms with Crippen LogP contribution in [-0.4, -0.2) is 31.4 Å². The van der Waals surface area contributed by atoms with E-state index >= 15 is 0 Å². The van der Waals surface area contributed by atoms with Crippen molar-refractivity contribution in [3.05, 3.63) is 53.1 Å². The summed E-state index contributed by atoms with van der Waals surface area (Å²) < 4.78 is 2.45. The molecule has 0 aliphatic carbocycles. The molecule has 0 aromatic carbocycles. The second kappa shape index (κ2) is 6.76. The molecule has 4 rings (SSSR count). The molecule has 2 aromatic rings. The summed E-state index contributed by atoms with van der Waals surface area (Å²) in [5, 5.41) is 1.20. The van der Waals surface area contributed by atoms with Crippen LogP contribution in [-0.2, 0) is 0 Å². The standard InChI is InChI=1S/C21H28N4S/c1-6-16-12-26-21-23-19(18-9-7-8-10-22-18)20(25(16)21)17-11-14(4)24(13(2)3)15(17)5/h7-11,13,16,19-20H,6,12H2,1-5H3/t16-,19+,20+/m0/s1. The molecule has 1 fully saturated rings. The number of pyridine rings is 1. The average molecular weight is 369 g/mol. The molecule has 0 spiro atoms. The highest BCUT2D eigenvalue weighted by Gasteiger charge is 2.46. The summed E-state index contributed by atoms with van der Waals surface area (Å²) in [7, 11) is 0. The monoisotopic (exact) mass is 368 g/mol. The van der Waals surface area contributed by atoms with Crippen LogP contribution in [0.5, 0.6) is 0 Å². The smallest absolute Gasteiger partial charge is 0.160 e. The Hall–Kier alpha value is -1.75. The van der Waals surface area contributed by atoms with Crippen molar-refractivity contribution in [3.63, 3.8) is 0 Å². The topological polar surface area (TPSA) is 33.4 Å². The summed E-state index contributed by atoms with van der Waals surface area (Å²) >= 11 is 1.91. The highest BCUT2D eigenvalue weighted by molar-refractivity contribution is 8.14. The van der Waals surface area contributed by atoms with Gasteiger partial charge in [0, 0.05) is 35.4 Å². The van der Waals surface area contributed by atoms with Crippen molar-refractivity contribution in [1.82, 2.24) is 14.5 Å². The lowest BCUT2D eigenvalue weighted by Crippen LogP contribution is -2.35. The van der Waals surface area contributed by atoms with Crippen LogP contribution in [0.3, 0.4) is 0 Å². The zero-order chi connectivity index (χ0) is 18.4. The number of aromatic nitrogens is 2. The van der Waals surface area contributed by atoms with E-state index in [-0.39, 0.29) is 12.1 Å². The average Bonchev–Trinajstić information content (AvgIpc) is 3.27. The molecule has 2 aliphatic heterocycles. The minimum absolute atomic E-state index is 0.0779. The third-order valence-electron chi connectivity index (χ3n) is 5.69. The molecule has 0 N–H and O–H groups in total. The first-order valence-corrected chi connectivity index (χ1v) is 10.6. The van der Waals surface area contributed by atoms with Crippen molar-refractivity contribution in [2.75, 3.05) is 5.75 Å². The minimum atomic E-state index is 0.0779. The van der Waals surface area contributed by atoms with Gasteiger partial charge in [-0.2, -0.15) is 0 Å². The first-order valence-electron chi connectivity index (χ1n) is 9.61. The molecule has 0 unspecified atom stereocenters. The second-order valence-corrected chi connectivity index (χ2v) is 8.61. The Kier molecular flexibility index (Phi) is 4.59. The number of aliphatic imine (C=N–C) groups is 1. The summed E-state index contributed by atoms with van der Waals surface area (Å²) in [5.41, 5.74) is 5.18.